The van der Waals surface area contributed by atoms with Gasteiger partial charge in [0.15, 0.2) is 42.8 Å². The number of benzene rings is 2. The van der Waals surface area contributed by atoms with E-state index in [0.29, 0.717) is 0 Å². The van der Waals surface area contributed by atoms with Gasteiger partial charge in [0.1, 0.15) is 64.8 Å². The van der Waals surface area contributed by atoms with Crippen molar-refractivity contribution in [1.82, 2.24) is 0 Å². The molecule has 14 unspecified atom stereocenters. The number of esters is 4. The summed E-state index contributed by atoms with van der Waals surface area (Å²) in [7, 11) is 0. The van der Waals surface area contributed by atoms with Gasteiger partial charge in [-0.1, -0.05) is 0 Å². The average molecular weight is 895 g/mol. The number of aromatic hydroxyl groups is 3. The summed E-state index contributed by atoms with van der Waals surface area (Å²) in [5, 5.41) is 74.4. The van der Waals surface area contributed by atoms with Gasteiger partial charge >= 0.3 is 23.9 Å². The van der Waals surface area contributed by atoms with Crippen molar-refractivity contribution in [3.8, 4) is 34.3 Å². The van der Waals surface area contributed by atoms with Crippen molar-refractivity contribution in [2.75, 3.05) is 13.2 Å². The molecular weight excluding hydrogens is 848 g/mol. The first-order valence-electron chi connectivity index (χ1n) is 19.3. The van der Waals surface area contributed by atoms with Crippen molar-refractivity contribution in [3.63, 3.8) is 0 Å². The Morgan fingerprint density at radius 3 is 1.94 bits per heavy atom. The molecule has 3 saturated heterocycles. The van der Waals surface area contributed by atoms with E-state index in [-0.39, 0.29) is 22.7 Å². The minimum atomic E-state index is -2.05. The fraction of sp³-hybridized carbons (Fsp3) is 0.525. The molecule has 3 aromatic rings. The summed E-state index contributed by atoms with van der Waals surface area (Å²) in [5.74, 6) is -5.68. The van der Waals surface area contributed by atoms with Crippen molar-refractivity contribution < 1.29 is 107 Å². The molecule has 6 rings (SSSR count). The molecule has 0 radical (unpaired) electrons. The number of aliphatic hydroxyl groups is 4. The first kappa shape index (κ1) is 46.9. The average Bonchev–Trinajstić information content (AvgIpc) is 3.19. The number of hydrogen-bond acceptors (Lipinski definition) is 23. The smallest absolute Gasteiger partial charge is 0.303 e. The Labute approximate surface area is 356 Å². The van der Waals surface area contributed by atoms with Crippen LogP contribution in [0, 0.1) is 0 Å². The molecule has 23 nitrogen and oxygen atoms in total. The molecule has 344 valence electrons. The van der Waals surface area contributed by atoms with E-state index in [1.54, 1.807) is 0 Å². The number of rotatable bonds is 12. The highest BCUT2D eigenvalue weighted by Gasteiger charge is 2.54. The third-order valence-electron chi connectivity index (χ3n) is 10.0. The van der Waals surface area contributed by atoms with E-state index >= 15 is 0 Å². The van der Waals surface area contributed by atoms with Gasteiger partial charge in [-0.3, -0.25) is 24.0 Å². The summed E-state index contributed by atoms with van der Waals surface area (Å²) in [6, 6.07) is 7.12. The highest BCUT2D eigenvalue weighted by atomic mass is 16.8. The molecule has 7 N–H and O–H groups in total. The maximum Gasteiger partial charge on any atom is 0.303 e. The van der Waals surface area contributed by atoms with Gasteiger partial charge < -0.3 is 87.5 Å². The lowest BCUT2D eigenvalue weighted by Crippen LogP contribution is -2.64. The largest absolute Gasteiger partial charge is 0.508 e. The van der Waals surface area contributed by atoms with Crippen LogP contribution in [0.2, 0.25) is 0 Å². The second-order valence-electron chi connectivity index (χ2n) is 14.8. The quantitative estimate of drug-likeness (QED) is 0.0878. The van der Waals surface area contributed by atoms with Crippen LogP contribution >= 0.6 is 0 Å². The molecular formula is C40H46O23. The fourth-order valence-electron chi connectivity index (χ4n) is 7.25. The van der Waals surface area contributed by atoms with Gasteiger partial charge in [-0.05, 0) is 31.2 Å². The lowest BCUT2D eigenvalue weighted by Gasteiger charge is -2.46. The fourth-order valence-corrected chi connectivity index (χ4v) is 7.25. The van der Waals surface area contributed by atoms with E-state index in [0.717, 1.165) is 39.8 Å². The number of phenolic OH excluding ortho intramolecular Hbond substituents is 3. The van der Waals surface area contributed by atoms with Crippen molar-refractivity contribution in [1.29, 1.82) is 0 Å². The SMILES string of the molecule is CC(=O)OC1COC(OCC2OC(Oc3c(-c4ccc(O)cc4)oc4cc(O)cc(O)c4c3=O)C(O)C(O)C2O)C(OC(C)=O)C1OC1OC(C)C(OC(C)=O)C(OC(C)=O)C1O. The Kier molecular flexibility index (Phi) is 14.4. The second-order valence-corrected chi connectivity index (χ2v) is 14.8. The Hall–Kier alpha value is -5.63. The molecule has 14 atom stereocenters. The van der Waals surface area contributed by atoms with Gasteiger partial charge in [0.2, 0.25) is 17.5 Å². The van der Waals surface area contributed by atoms with Crippen LogP contribution in [0.15, 0.2) is 45.6 Å². The molecule has 2 aromatic carbocycles. The van der Waals surface area contributed by atoms with Crippen LogP contribution in [0.3, 0.4) is 0 Å². The lowest BCUT2D eigenvalue weighted by atomic mass is 9.98. The predicted molar refractivity (Wildman–Crippen MR) is 203 cm³/mol. The number of carbonyl (C=O) groups excluding carboxylic acids is 4. The van der Waals surface area contributed by atoms with Crippen molar-refractivity contribution in [3.05, 3.63) is 46.6 Å². The summed E-state index contributed by atoms with van der Waals surface area (Å²) in [6.45, 7) is 4.42. The van der Waals surface area contributed by atoms with Crippen LogP contribution < -0.4 is 10.2 Å². The van der Waals surface area contributed by atoms with Crippen LogP contribution in [-0.4, -0.2) is 159 Å². The minimum absolute atomic E-state index is 0.136. The van der Waals surface area contributed by atoms with Gasteiger partial charge in [0, 0.05) is 45.4 Å². The van der Waals surface area contributed by atoms with Crippen LogP contribution in [0.5, 0.6) is 23.0 Å². The molecule has 1 aromatic heterocycles. The van der Waals surface area contributed by atoms with Crippen LogP contribution in [0.1, 0.15) is 34.6 Å². The number of phenols is 3. The summed E-state index contributed by atoms with van der Waals surface area (Å²) < 4.78 is 62.6. The summed E-state index contributed by atoms with van der Waals surface area (Å²) in [5.41, 5.74) is -1.16. The van der Waals surface area contributed by atoms with Crippen molar-refractivity contribution in [2.24, 2.45) is 0 Å². The molecule has 0 amide bonds. The van der Waals surface area contributed by atoms with Gasteiger partial charge in [-0.2, -0.15) is 0 Å². The van der Waals surface area contributed by atoms with E-state index in [2.05, 4.69) is 0 Å². The molecule has 0 saturated carbocycles. The maximum atomic E-state index is 13.9. The number of carbonyl (C=O) groups is 4. The zero-order chi connectivity index (χ0) is 46.0. The number of aliphatic hydroxyl groups excluding tert-OH is 4. The Morgan fingerprint density at radius 2 is 1.30 bits per heavy atom. The second kappa shape index (κ2) is 19.4. The molecule has 0 bridgehead atoms. The standard InChI is InChI=1S/C40H46O23/c1-14-32(57-16(3)42)36(58-17(4)43)31(52)39(55-14)62-34-25(56-15(2)41)13-54-40(37(34)59-18(5)44)53-12-24-27(48)29(50)30(51)38(61-24)63-35-28(49)26-22(47)10-21(46)11-23(26)60-33(35)19-6-8-20(45)9-7-19/h6-11,14,24-25,27,29-32,34,36-40,45-48,50-52H,12-13H2,1-5H3. The number of fused-ring (bicyclic) bond motifs is 1. The topological polar surface area (TPSA) is 332 Å². The van der Waals surface area contributed by atoms with E-state index < -0.39 is 151 Å². The Bertz CT molecular complexity index is 2210. The monoisotopic (exact) mass is 894 g/mol. The molecule has 0 spiro atoms. The maximum absolute atomic E-state index is 13.9. The van der Waals surface area contributed by atoms with E-state index in [9.17, 15) is 59.7 Å². The van der Waals surface area contributed by atoms with Gasteiger partial charge in [-0.15, -0.1) is 0 Å². The first-order chi connectivity index (χ1) is 29.7. The van der Waals surface area contributed by atoms with E-state index in [1.165, 1.54) is 31.2 Å². The van der Waals surface area contributed by atoms with Crippen LogP contribution in [0.4, 0.5) is 0 Å². The molecule has 3 aliphatic rings. The van der Waals surface area contributed by atoms with Crippen LogP contribution in [-0.2, 0) is 61.8 Å². The molecule has 3 fully saturated rings. The van der Waals surface area contributed by atoms with E-state index in [4.69, 9.17) is 51.8 Å². The van der Waals surface area contributed by atoms with Crippen molar-refractivity contribution in [2.45, 2.75) is 121 Å². The Balaban J connectivity index is 1.27. The number of hydrogen-bond donors (Lipinski definition) is 7. The first-order valence-corrected chi connectivity index (χ1v) is 19.3. The molecule has 63 heavy (non-hydrogen) atoms. The molecule has 3 aliphatic heterocycles. The third-order valence-corrected chi connectivity index (χ3v) is 10.0. The zero-order valence-electron chi connectivity index (χ0n) is 34.1. The van der Waals surface area contributed by atoms with Gasteiger partial charge in [0.05, 0.1) is 19.3 Å². The zero-order valence-corrected chi connectivity index (χ0v) is 34.1. The van der Waals surface area contributed by atoms with Gasteiger partial charge in [-0.25, -0.2) is 0 Å². The lowest BCUT2D eigenvalue weighted by molar-refractivity contribution is -0.351. The van der Waals surface area contributed by atoms with Crippen LogP contribution in [0.25, 0.3) is 22.3 Å². The predicted octanol–water partition coefficient (Wildman–Crippen LogP) is -0.646. The summed E-state index contributed by atoms with van der Waals surface area (Å²) in [6.07, 6.45) is -23.3. The third kappa shape index (κ3) is 10.4. The summed E-state index contributed by atoms with van der Waals surface area (Å²) >= 11 is 0. The number of ether oxygens (including phenoxy) is 10. The summed E-state index contributed by atoms with van der Waals surface area (Å²) in [4.78, 5) is 62.5. The molecule has 0 aliphatic carbocycles. The normalized spacial score (nSPS) is 32.0. The highest BCUT2D eigenvalue weighted by Crippen LogP contribution is 2.38. The molecule has 4 heterocycles. The Morgan fingerprint density at radius 1 is 0.683 bits per heavy atom. The highest BCUT2D eigenvalue weighted by molar-refractivity contribution is 5.88. The molecule has 23 heteroatoms. The van der Waals surface area contributed by atoms with Gasteiger partial charge in [0.25, 0.3) is 0 Å². The minimum Gasteiger partial charge on any atom is -0.508 e. The van der Waals surface area contributed by atoms with E-state index in [1.807, 2.05) is 0 Å². The van der Waals surface area contributed by atoms with Crippen molar-refractivity contribution >= 4 is 34.8 Å².